The minimum atomic E-state index is -0.787. The lowest BCUT2D eigenvalue weighted by Gasteiger charge is -2.25. The molecule has 0 bridgehead atoms. The number of carbonyl (C=O) groups is 1. The third-order valence-electron chi connectivity index (χ3n) is 3.21. The lowest BCUT2D eigenvalue weighted by molar-refractivity contribution is -0.138. The lowest BCUT2D eigenvalue weighted by Crippen LogP contribution is -2.23. The molecule has 0 heterocycles. The van der Waals surface area contributed by atoms with Crippen molar-refractivity contribution in [3.05, 3.63) is 28.8 Å². The topological polar surface area (TPSA) is 49.8 Å². The first-order chi connectivity index (χ1) is 8.86. The van der Waals surface area contributed by atoms with Gasteiger partial charge in [-0.05, 0) is 57.6 Å². The molecule has 1 unspecified atom stereocenters. The Bertz CT molecular complexity index is 455. The molecule has 4 nitrogen and oxygen atoms in total. The van der Waals surface area contributed by atoms with Gasteiger partial charge in [-0.2, -0.15) is 0 Å². The Morgan fingerprint density at radius 2 is 1.95 bits per heavy atom. The van der Waals surface area contributed by atoms with Crippen molar-refractivity contribution in [2.24, 2.45) is 0 Å². The van der Waals surface area contributed by atoms with Crippen molar-refractivity contribution in [2.75, 3.05) is 20.7 Å². The van der Waals surface area contributed by atoms with E-state index < -0.39 is 5.97 Å². The van der Waals surface area contributed by atoms with Crippen LogP contribution in [0.25, 0.3) is 0 Å². The third kappa shape index (κ3) is 3.96. The molecule has 4 heteroatoms. The van der Waals surface area contributed by atoms with Crippen LogP contribution in [0.4, 0.5) is 0 Å². The molecule has 1 rings (SSSR count). The molecule has 0 saturated heterocycles. The Morgan fingerprint density at radius 3 is 2.42 bits per heavy atom. The number of rotatable bonds is 6. The molecular formula is C15H23NO3. The summed E-state index contributed by atoms with van der Waals surface area (Å²) in [6.45, 7) is 6.57. The monoisotopic (exact) mass is 265 g/mol. The maximum Gasteiger partial charge on any atom is 0.305 e. The van der Waals surface area contributed by atoms with Gasteiger partial charge in [0.1, 0.15) is 5.75 Å². The Labute approximate surface area is 115 Å². The molecule has 0 aromatic heterocycles. The molecule has 0 saturated carbocycles. The number of carboxylic acids is 1. The summed E-state index contributed by atoms with van der Waals surface area (Å²) in [5, 5.41) is 9.04. The van der Waals surface area contributed by atoms with Gasteiger partial charge in [0.2, 0.25) is 0 Å². The van der Waals surface area contributed by atoms with Crippen molar-refractivity contribution in [3.63, 3.8) is 0 Å². The van der Waals surface area contributed by atoms with Crippen molar-refractivity contribution >= 4 is 5.97 Å². The summed E-state index contributed by atoms with van der Waals surface area (Å²) in [7, 11) is 3.80. The largest absolute Gasteiger partial charge is 0.494 e. The maximum atomic E-state index is 11.0. The number of hydrogen-bond donors (Lipinski definition) is 1. The van der Waals surface area contributed by atoms with Crippen LogP contribution in [0, 0.1) is 13.8 Å². The molecule has 19 heavy (non-hydrogen) atoms. The van der Waals surface area contributed by atoms with Gasteiger partial charge >= 0.3 is 5.97 Å². The summed E-state index contributed by atoms with van der Waals surface area (Å²) in [5.74, 6) is 0.0845. The van der Waals surface area contributed by atoms with Crippen molar-refractivity contribution < 1.29 is 14.6 Å². The van der Waals surface area contributed by atoms with Gasteiger partial charge in [0.05, 0.1) is 13.0 Å². The second-order valence-electron chi connectivity index (χ2n) is 4.98. The fourth-order valence-electron chi connectivity index (χ4n) is 2.22. The van der Waals surface area contributed by atoms with Crippen LogP contribution in [0.3, 0.4) is 0 Å². The molecule has 0 radical (unpaired) electrons. The second-order valence-corrected chi connectivity index (χ2v) is 4.98. The zero-order valence-corrected chi connectivity index (χ0v) is 12.4. The van der Waals surface area contributed by atoms with Gasteiger partial charge in [-0.25, -0.2) is 0 Å². The molecule has 1 aromatic rings. The zero-order chi connectivity index (χ0) is 14.6. The summed E-state index contributed by atoms with van der Waals surface area (Å²) >= 11 is 0. The predicted octanol–water partition coefficient (Wildman–Crippen LogP) is 2.78. The van der Waals surface area contributed by atoms with Crippen molar-refractivity contribution in [3.8, 4) is 5.75 Å². The maximum absolute atomic E-state index is 11.0. The Morgan fingerprint density at radius 1 is 1.32 bits per heavy atom. The summed E-state index contributed by atoms with van der Waals surface area (Å²) in [6, 6.07) is 3.91. The van der Waals surface area contributed by atoms with Crippen LogP contribution < -0.4 is 4.74 Å². The quantitative estimate of drug-likeness (QED) is 0.859. The number of benzene rings is 1. The molecule has 106 valence electrons. The Hall–Kier alpha value is -1.55. The van der Waals surface area contributed by atoms with Crippen molar-refractivity contribution in [1.29, 1.82) is 0 Å². The minimum absolute atomic E-state index is 0.0985. The predicted molar refractivity (Wildman–Crippen MR) is 75.8 cm³/mol. The SMILES string of the molecule is CCOc1cc(C)c(C(CC(=O)O)N(C)C)cc1C. The third-order valence-corrected chi connectivity index (χ3v) is 3.21. The summed E-state index contributed by atoms with van der Waals surface area (Å²) < 4.78 is 5.56. The number of hydrogen-bond acceptors (Lipinski definition) is 3. The molecule has 0 aliphatic carbocycles. The van der Waals surface area contributed by atoms with E-state index in [2.05, 4.69) is 0 Å². The molecular weight excluding hydrogens is 242 g/mol. The molecule has 1 atom stereocenters. The molecule has 0 amide bonds. The van der Waals surface area contributed by atoms with Crippen LogP contribution >= 0.6 is 0 Å². The van der Waals surface area contributed by atoms with Crippen LogP contribution in [-0.2, 0) is 4.79 Å². The van der Waals surface area contributed by atoms with E-state index in [1.54, 1.807) is 0 Å². The van der Waals surface area contributed by atoms with Gasteiger partial charge in [0.15, 0.2) is 0 Å². The second kappa shape index (κ2) is 6.57. The van der Waals surface area contributed by atoms with E-state index in [1.807, 2.05) is 51.9 Å². The highest BCUT2D eigenvalue weighted by atomic mass is 16.5. The van der Waals surface area contributed by atoms with Crippen LogP contribution in [-0.4, -0.2) is 36.7 Å². The highest BCUT2D eigenvalue weighted by Crippen LogP contribution is 2.30. The highest BCUT2D eigenvalue weighted by Gasteiger charge is 2.20. The molecule has 0 aliphatic heterocycles. The summed E-state index contributed by atoms with van der Waals surface area (Å²) in [5.41, 5.74) is 3.15. The highest BCUT2D eigenvalue weighted by molar-refractivity contribution is 5.68. The molecule has 1 aromatic carbocycles. The molecule has 0 spiro atoms. The van der Waals surface area contributed by atoms with E-state index in [0.717, 1.165) is 22.4 Å². The normalized spacial score (nSPS) is 12.5. The van der Waals surface area contributed by atoms with Gasteiger partial charge < -0.3 is 14.7 Å². The first-order valence-corrected chi connectivity index (χ1v) is 6.49. The molecule has 0 fully saturated rings. The Kier molecular flexibility index (Phi) is 5.36. The van der Waals surface area contributed by atoms with Crippen LogP contribution in [0.1, 0.15) is 36.1 Å². The molecule has 1 N–H and O–H groups in total. The summed E-state index contributed by atoms with van der Waals surface area (Å²) in [4.78, 5) is 12.9. The van der Waals surface area contributed by atoms with Crippen molar-refractivity contribution in [1.82, 2.24) is 4.90 Å². The zero-order valence-electron chi connectivity index (χ0n) is 12.4. The van der Waals surface area contributed by atoms with Crippen molar-refractivity contribution in [2.45, 2.75) is 33.2 Å². The first-order valence-electron chi connectivity index (χ1n) is 6.49. The van der Waals surface area contributed by atoms with Gasteiger partial charge in [-0.3, -0.25) is 4.79 Å². The smallest absolute Gasteiger partial charge is 0.305 e. The standard InChI is InChI=1S/C15H23NO3/c1-6-19-14-8-10(2)12(7-11(14)3)13(16(4)5)9-15(17)18/h7-8,13H,6,9H2,1-5H3,(H,17,18). The Balaban J connectivity index is 3.17. The van der Waals surface area contributed by atoms with E-state index in [0.29, 0.717) is 6.61 Å². The first kappa shape index (κ1) is 15.5. The van der Waals surface area contributed by atoms with Gasteiger partial charge in [0, 0.05) is 6.04 Å². The summed E-state index contributed by atoms with van der Waals surface area (Å²) in [6.07, 6.45) is 0.0985. The van der Waals surface area contributed by atoms with E-state index in [1.165, 1.54) is 0 Å². The van der Waals surface area contributed by atoms with Gasteiger partial charge in [0.25, 0.3) is 0 Å². The number of nitrogens with zero attached hydrogens (tertiary/aromatic N) is 1. The fourth-order valence-corrected chi connectivity index (χ4v) is 2.22. The van der Waals surface area contributed by atoms with Gasteiger partial charge in [-0.15, -0.1) is 0 Å². The molecule has 0 aliphatic rings. The van der Waals surface area contributed by atoms with Crippen LogP contribution in [0.5, 0.6) is 5.75 Å². The average Bonchev–Trinajstić information content (AvgIpc) is 2.30. The van der Waals surface area contributed by atoms with E-state index in [9.17, 15) is 4.79 Å². The average molecular weight is 265 g/mol. The lowest BCUT2D eigenvalue weighted by atomic mass is 9.95. The van der Waals surface area contributed by atoms with E-state index >= 15 is 0 Å². The number of aliphatic carboxylic acids is 1. The van der Waals surface area contributed by atoms with Crippen LogP contribution in [0.2, 0.25) is 0 Å². The fraction of sp³-hybridized carbons (Fsp3) is 0.533. The number of ether oxygens (including phenoxy) is 1. The number of aryl methyl sites for hydroxylation is 2. The van der Waals surface area contributed by atoms with Crippen LogP contribution in [0.15, 0.2) is 12.1 Å². The minimum Gasteiger partial charge on any atom is -0.494 e. The van der Waals surface area contributed by atoms with E-state index in [4.69, 9.17) is 9.84 Å². The van der Waals surface area contributed by atoms with Gasteiger partial charge in [-0.1, -0.05) is 6.07 Å². The number of carboxylic acid groups (broad SMARTS) is 1. The van der Waals surface area contributed by atoms with E-state index in [-0.39, 0.29) is 12.5 Å².